The molecule has 2 aromatic rings. The fourth-order valence-electron chi connectivity index (χ4n) is 2.39. The van der Waals surface area contributed by atoms with Gasteiger partial charge in [-0.1, -0.05) is 6.07 Å². The standard InChI is InChI=1S/C15H17N5O/c16-12-4-3-11(14-10-17-5-6-18-14)9-13(12)19-15(21)20-7-1-2-8-20/h3-6,9-10H,1-2,7-8,16H2,(H,19,21). The Morgan fingerprint density at radius 2 is 2.05 bits per heavy atom. The molecule has 0 atom stereocenters. The maximum absolute atomic E-state index is 12.1. The van der Waals surface area contributed by atoms with Crippen molar-refractivity contribution in [3.8, 4) is 11.3 Å². The van der Waals surface area contributed by atoms with Crippen LogP contribution in [0.4, 0.5) is 16.2 Å². The van der Waals surface area contributed by atoms with E-state index in [1.165, 1.54) is 0 Å². The molecule has 0 saturated carbocycles. The van der Waals surface area contributed by atoms with Crippen LogP contribution < -0.4 is 11.1 Å². The molecule has 0 spiro atoms. The van der Waals surface area contributed by atoms with Gasteiger partial charge in [0.2, 0.25) is 0 Å². The van der Waals surface area contributed by atoms with Crippen molar-refractivity contribution < 1.29 is 4.79 Å². The first-order valence-corrected chi connectivity index (χ1v) is 6.96. The van der Waals surface area contributed by atoms with Crippen molar-refractivity contribution in [2.75, 3.05) is 24.1 Å². The molecule has 6 heteroatoms. The average Bonchev–Trinajstić information content (AvgIpc) is 3.05. The number of hydrogen-bond donors (Lipinski definition) is 2. The monoisotopic (exact) mass is 283 g/mol. The Balaban J connectivity index is 1.83. The van der Waals surface area contributed by atoms with Crippen LogP contribution in [0.5, 0.6) is 0 Å². The summed E-state index contributed by atoms with van der Waals surface area (Å²) < 4.78 is 0. The van der Waals surface area contributed by atoms with Crippen molar-refractivity contribution >= 4 is 17.4 Å². The summed E-state index contributed by atoms with van der Waals surface area (Å²) in [6, 6.07) is 5.36. The number of aromatic nitrogens is 2. The van der Waals surface area contributed by atoms with Crippen molar-refractivity contribution in [1.29, 1.82) is 0 Å². The smallest absolute Gasteiger partial charge is 0.321 e. The number of nitrogen functional groups attached to an aromatic ring is 1. The zero-order valence-corrected chi connectivity index (χ0v) is 11.6. The summed E-state index contributed by atoms with van der Waals surface area (Å²) in [5.74, 6) is 0. The number of hydrogen-bond acceptors (Lipinski definition) is 4. The lowest BCUT2D eigenvalue weighted by atomic mass is 10.1. The summed E-state index contributed by atoms with van der Waals surface area (Å²) in [5.41, 5.74) is 8.70. The van der Waals surface area contributed by atoms with Gasteiger partial charge in [-0.05, 0) is 25.0 Å². The molecule has 2 amide bonds. The second kappa shape index (κ2) is 5.78. The second-order valence-corrected chi connectivity index (χ2v) is 5.02. The highest BCUT2D eigenvalue weighted by Crippen LogP contribution is 2.26. The van der Waals surface area contributed by atoms with E-state index in [4.69, 9.17) is 5.73 Å². The number of nitrogens with two attached hydrogens (primary N) is 1. The Bertz CT molecular complexity index is 638. The molecule has 0 radical (unpaired) electrons. The Morgan fingerprint density at radius 1 is 1.24 bits per heavy atom. The molecule has 6 nitrogen and oxygen atoms in total. The van der Waals surface area contributed by atoms with Crippen LogP contribution in [0.15, 0.2) is 36.8 Å². The predicted molar refractivity (Wildman–Crippen MR) is 81.7 cm³/mol. The van der Waals surface area contributed by atoms with Crippen molar-refractivity contribution in [3.63, 3.8) is 0 Å². The third-order valence-electron chi connectivity index (χ3n) is 3.55. The molecular weight excluding hydrogens is 266 g/mol. The Hall–Kier alpha value is -2.63. The van der Waals surface area contributed by atoms with Crippen LogP contribution in [0.1, 0.15) is 12.8 Å². The zero-order chi connectivity index (χ0) is 14.7. The second-order valence-electron chi connectivity index (χ2n) is 5.02. The molecule has 3 N–H and O–H groups in total. The molecule has 1 aromatic heterocycles. The summed E-state index contributed by atoms with van der Waals surface area (Å²) in [4.78, 5) is 22.2. The van der Waals surface area contributed by atoms with E-state index >= 15 is 0 Å². The minimum Gasteiger partial charge on any atom is -0.397 e. The summed E-state index contributed by atoms with van der Waals surface area (Å²) in [6.45, 7) is 1.60. The lowest BCUT2D eigenvalue weighted by Gasteiger charge is -2.17. The lowest BCUT2D eigenvalue weighted by molar-refractivity contribution is 0.222. The fraction of sp³-hybridized carbons (Fsp3) is 0.267. The van der Waals surface area contributed by atoms with Gasteiger partial charge in [0, 0.05) is 31.0 Å². The molecule has 0 bridgehead atoms. The number of likely N-dealkylation sites (tertiary alicyclic amines) is 1. The molecule has 0 aliphatic carbocycles. The van der Waals surface area contributed by atoms with Crippen molar-refractivity contribution in [2.45, 2.75) is 12.8 Å². The summed E-state index contributed by atoms with van der Waals surface area (Å²) >= 11 is 0. The van der Waals surface area contributed by atoms with Gasteiger partial charge >= 0.3 is 6.03 Å². The number of carbonyl (C=O) groups is 1. The molecular formula is C15H17N5O. The van der Waals surface area contributed by atoms with Gasteiger partial charge in [-0.2, -0.15) is 0 Å². The number of benzene rings is 1. The van der Waals surface area contributed by atoms with E-state index < -0.39 is 0 Å². The van der Waals surface area contributed by atoms with Crippen LogP contribution in [0.3, 0.4) is 0 Å². The number of carbonyl (C=O) groups excluding carboxylic acids is 1. The molecule has 1 saturated heterocycles. The normalized spacial score (nSPS) is 14.2. The molecule has 0 unspecified atom stereocenters. The van der Waals surface area contributed by atoms with E-state index in [2.05, 4.69) is 15.3 Å². The van der Waals surface area contributed by atoms with E-state index in [0.717, 1.165) is 37.2 Å². The van der Waals surface area contributed by atoms with Crippen LogP contribution in [-0.4, -0.2) is 34.0 Å². The Kier molecular flexibility index (Phi) is 3.68. The van der Waals surface area contributed by atoms with Gasteiger partial charge in [-0.25, -0.2) is 4.79 Å². The van der Waals surface area contributed by atoms with Crippen LogP contribution in [-0.2, 0) is 0 Å². The predicted octanol–water partition coefficient (Wildman–Crippen LogP) is 2.35. The number of nitrogens with one attached hydrogen (secondary N) is 1. The van der Waals surface area contributed by atoms with Crippen molar-refractivity contribution in [1.82, 2.24) is 14.9 Å². The maximum Gasteiger partial charge on any atom is 0.321 e. The summed E-state index contributed by atoms with van der Waals surface area (Å²) in [7, 11) is 0. The molecule has 3 rings (SSSR count). The highest BCUT2D eigenvalue weighted by molar-refractivity contribution is 5.93. The zero-order valence-electron chi connectivity index (χ0n) is 11.6. The van der Waals surface area contributed by atoms with Crippen molar-refractivity contribution in [2.24, 2.45) is 0 Å². The number of urea groups is 1. The van der Waals surface area contributed by atoms with Crippen LogP contribution in [0, 0.1) is 0 Å². The minimum absolute atomic E-state index is 0.101. The molecule has 1 aliphatic heterocycles. The number of rotatable bonds is 2. The topological polar surface area (TPSA) is 84.1 Å². The van der Waals surface area contributed by atoms with Crippen molar-refractivity contribution in [3.05, 3.63) is 36.8 Å². The molecule has 1 aliphatic rings. The number of anilines is 2. The third kappa shape index (κ3) is 2.94. The van der Waals surface area contributed by atoms with E-state index in [-0.39, 0.29) is 6.03 Å². The largest absolute Gasteiger partial charge is 0.397 e. The van der Waals surface area contributed by atoms with E-state index in [0.29, 0.717) is 11.4 Å². The maximum atomic E-state index is 12.1. The van der Waals surface area contributed by atoms with Gasteiger partial charge in [-0.3, -0.25) is 9.97 Å². The minimum atomic E-state index is -0.101. The third-order valence-corrected chi connectivity index (χ3v) is 3.55. The van der Waals surface area contributed by atoms with Gasteiger partial charge in [0.05, 0.1) is 23.3 Å². The van der Waals surface area contributed by atoms with Gasteiger partial charge in [-0.15, -0.1) is 0 Å². The molecule has 1 aromatic carbocycles. The number of amides is 2. The summed E-state index contributed by atoms with van der Waals surface area (Å²) in [5, 5.41) is 2.88. The van der Waals surface area contributed by atoms with Gasteiger partial charge in [0.25, 0.3) is 0 Å². The SMILES string of the molecule is Nc1ccc(-c2cnccn2)cc1NC(=O)N1CCCC1. The van der Waals surface area contributed by atoms with Crippen LogP contribution in [0.2, 0.25) is 0 Å². The molecule has 21 heavy (non-hydrogen) atoms. The van der Waals surface area contributed by atoms with E-state index in [9.17, 15) is 4.79 Å². The van der Waals surface area contributed by atoms with Crippen LogP contribution in [0.25, 0.3) is 11.3 Å². The quantitative estimate of drug-likeness (QED) is 0.829. The number of nitrogens with zero attached hydrogens (tertiary/aromatic N) is 3. The first kappa shape index (κ1) is 13.4. The average molecular weight is 283 g/mol. The first-order valence-electron chi connectivity index (χ1n) is 6.96. The first-order chi connectivity index (χ1) is 10.2. The highest BCUT2D eigenvalue weighted by Gasteiger charge is 2.18. The molecule has 2 heterocycles. The fourth-order valence-corrected chi connectivity index (χ4v) is 2.39. The van der Waals surface area contributed by atoms with Gasteiger partial charge in [0.15, 0.2) is 0 Å². The van der Waals surface area contributed by atoms with Gasteiger partial charge in [0.1, 0.15) is 0 Å². The molecule has 108 valence electrons. The Morgan fingerprint density at radius 3 is 2.76 bits per heavy atom. The Labute approximate surface area is 123 Å². The lowest BCUT2D eigenvalue weighted by Crippen LogP contribution is -2.32. The van der Waals surface area contributed by atoms with E-state index in [1.54, 1.807) is 29.6 Å². The van der Waals surface area contributed by atoms with Crippen LogP contribution >= 0.6 is 0 Å². The molecule has 1 fully saturated rings. The van der Waals surface area contributed by atoms with Gasteiger partial charge < -0.3 is 16.0 Å². The highest BCUT2D eigenvalue weighted by atomic mass is 16.2. The van der Waals surface area contributed by atoms with E-state index in [1.807, 2.05) is 12.1 Å². The summed E-state index contributed by atoms with van der Waals surface area (Å²) in [6.07, 6.45) is 7.05.